The molecule has 1 atom stereocenters. The highest BCUT2D eigenvalue weighted by Crippen LogP contribution is 2.22. The molecule has 0 spiro atoms. The Labute approximate surface area is 158 Å². The summed E-state index contributed by atoms with van der Waals surface area (Å²) < 4.78 is 28.8. The van der Waals surface area contributed by atoms with E-state index >= 15 is 0 Å². The maximum Gasteiger partial charge on any atom is 0.241 e. The molecule has 0 saturated heterocycles. The van der Waals surface area contributed by atoms with Crippen molar-refractivity contribution in [2.24, 2.45) is 0 Å². The van der Waals surface area contributed by atoms with E-state index in [2.05, 4.69) is 37.5 Å². The molecule has 0 radical (unpaired) electrons. The van der Waals surface area contributed by atoms with Gasteiger partial charge in [0.1, 0.15) is 0 Å². The highest BCUT2D eigenvalue weighted by atomic mass is 127. The normalized spacial score (nSPS) is 13.5. The van der Waals surface area contributed by atoms with Gasteiger partial charge >= 0.3 is 0 Å². The molecule has 0 aromatic heterocycles. The largest absolute Gasteiger partial charge is 0.314 e. The van der Waals surface area contributed by atoms with Gasteiger partial charge in [-0.25, -0.2) is 13.1 Å². The number of benzene rings is 2. The van der Waals surface area contributed by atoms with Gasteiger partial charge in [-0.3, -0.25) is 0 Å². The molecule has 0 amide bonds. The summed E-state index contributed by atoms with van der Waals surface area (Å²) in [6.45, 7) is 1.81. The van der Waals surface area contributed by atoms with Crippen molar-refractivity contribution >= 4 is 43.4 Å². The van der Waals surface area contributed by atoms with Crippen LogP contribution in [0.25, 0.3) is 10.8 Å². The highest BCUT2D eigenvalue weighted by Gasteiger charge is 2.16. The summed E-state index contributed by atoms with van der Waals surface area (Å²) in [7, 11) is 0.588. The van der Waals surface area contributed by atoms with Crippen molar-refractivity contribution in [3.05, 3.63) is 42.5 Å². The summed E-state index contributed by atoms with van der Waals surface area (Å²) in [5.74, 6) is 0. The minimum atomic E-state index is -3.51. The number of fused-ring (bicyclic) bond motifs is 1. The zero-order valence-electron chi connectivity index (χ0n) is 14.0. The summed E-state index contributed by atoms with van der Waals surface area (Å²) in [5.41, 5.74) is 0. The minimum absolute atomic E-state index is 0.332. The molecule has 5 nitrogen and oxygen atoms in total. The number of halogens is 1. The number of hydrogen-bond donors (Lipinski definition) is 2. The number of likely N-dealkylation sites (N-methyl/N-ethyl adjacent to an activating group) is 1. The predicted octanol–water partition coefficient (Wildman–Crippen LogP) is 2.07. The van der Waals surface area contributed by atoms with Gasteiger partial charge in [0, 0.05) is 35.5 Å². The molecular formula is C17H24IN3O2S. The lowest BCUT2D eigenvalue weighted by Gasteiger charge is -2.22. The fraction of sp³-hybridized carbons (Fsp3) is 0.412. The maximum absolute atomic E-state index is 12.6. The molecular weight excluding hydrogens is 437 g/mol. The molecule has 7 heteroatoms. The smallest absolute Gasteiger partial charge is 0.241 e. The zero-order chi connectivity index (χ0) is 17.6. The molecule has 24 heavy (non-hydrogen) atoms. The summed E-state index contributed by atoms with van der Waals surface area (Å²) >= 11 is 2.36. The second-order valence-electron chi connectivity index (χ2n) is 5.85. The Morgan fingerprint density at radius 3 is 2.50 bits per heavy atom. The van der Waals surface area contributed by atoms with Crippen LogP contribution >= 0.6 is 22.6 Å². The summed E-state index contributed by atoms with van der Waals surface area (Å²) in [4.78, 5) is 2.50. The molecule has 2 aromatic carbocycles. The first kappa shape index (κ1) is 19.6. The third-order valence-electron chi connectivity index (χ3n) is 3.92. The molecule has 0 aliphatic carbocycles. The average molecular weight is 461 g/mol. The van der Waals surface area contributed by atoms with Crippen LogP contribution in [-0.2, 0) is 10.0 Å². The predicted molar refractivity (Wildman–Crippen MR) is 108 cm³/mol. The minimum Gasteiger partial charge on any atom is -0.314 e. The van der Waals surface area contributed by atoms with Crippen LogP contribution in [0.5, 0.6) is 0 Å². The maximum atomic E-state index is 12.6. The monoisotopic (exact) mass is 461 g/mol. The number of nitrogens with zero attached hydrogens (tertiary/aromatic N) is 1. The van der Waals surface area contributed by atoms with Crippen molar-refractivity contribution in [1.82, 2.24) is 14.9 Å². The van der Waals surface area contributed by atoms with E-state index in [4.69, 9.17) is 0 Å². The first-order chi connectivity index (χ1) is 11.5. The van der Waals surface area contributed by atoms with Crippen LogP contribution in [0, 0.1) is 0 Å². The number of rotatable bonds is 9. The van der Waals surface area contributed by atoms with Crippen LogP contribution < -0.4 is 10.0 Å². The van der Waals surface area contributed by atoms with Gasteiger partial charge in [-0.1, -0.05) is 59.0 Å². The van der Waals surface area contributed by atoms with E-state index in [-0.39, 0.29) is 0 Å². The van der Waals surface area contributed by atoms with Gasteiger partial charge in [0.05, 0.1) is 4.90 Å². The molecule has 2 rings (SSSR count). The Hall–Kier alpha value is -0.740. The third-order valence-corrected chi connectivity index (χ3v) is 6.46. The Bertz CT molecular complexity index is 760. The summed E-state index contributed by atoms with van der Waals surface area (Å²) in [6.07, 6.45) is 0. The van der Waals surface area contributed by atoms with E-state index in [1.807, 2.05) is 44.4 Å². The summed E-state index contributed by atoms with van der Waals surface area (Å²) in [5, 5.41) is 4.98. The van der Waals surface area contributed by atoms with Gasteiger partial charge in [-0.2, -0.15) is 0 Å². The van der Waals surface area contributed by atoms with Crippen molar-refractivity contribution in [3.63, 3.8) is 0 Å². The van der Waals surface area contributed by atoms with E-state index in [0.29, 0.717) is 24.0 Å². The van der Waals surface area contributed by atoms with Gasteiger partial charge < -0.3 is 10.2 Å². The van der Waals surface area contributed by atoms with Gasteiger partial charge in [0.25, 0.3) is 0 Å². The lowest BCUT2D eigenvalue weighted by Crippen LogP contribution is -2.41. The Morgan fingerprint density at radius 1 is 1.08 bits per heavy atom. The van der Waals surface area contributed by atoms with E-state index in [9.17, 15) is 8.42 Å². The van der Waals surface area contributed by atoms with Crippen molar-refractivity contribution in [2.45, 2.75) is 10.9 Å². The fourth-order valence-electron chi connectivity index (χ4n) is 2.43. The SMILES string of the molecule is CN(C)C(CI)CNCCNS(=O)(=O)c1cccc2ccccc12. The molecule has 132 valence electrons. The van der Waals surface area contributed by atoms with Crippen molar-refractivity contribution < 1.29 is 8.42 Å². The Balaban J connectivity index is 1.94. The first-order valence-corrected chi connectivity index (χ1v) is 10.9. The molecule has 0 bridgehead atoms. The second kappa shape index (κ2) is 9.10. The van der Waals surface area contributed by atoms with Crippen molar-refractivity contribution in [2.75, 3.05) is 38.2 Å². The molecule has 0 saturated carbocycles. The average Bonchev–Trinajstić information content (AvgIpc) is 2.57. The topological polar surface area (TPSA) is 61.4 Å². The standard InChI is InChI=1S/C17H24IN3O2S/c1-21(2)15(12-18)13-19-10-11-20-24(22,23)17-9-5-7-14-6-3-4-8-16(14)17/h3-9,15,19-20H,10-13H2,1-2H3. The second-order valence-corrected chi connectivity index (χ2v) is 8.47. The van der Waals surface area contributed by atoms with E-state index in [1.54, 1.807) is 12.1 Å². The molecule has 0 fully saturated rings. The first-order valence-electron chi connectivity index (χ1n) is 7.86. The lowest BCUT2D eigenvalue weighted by atomic mass is 10.1. The van der Waals surface area contributed by atoms with Crippen LogP contribution in [0.15, 0.2) is 47.4 Å². The van der Waals surface area contributed by atoms with Gasteiger partial charge in [0.15, 0.2) is 0 Å². The zero-order valence-corrected chi connectivity index (χ0v) is 17.0. The van der Waals surface area contributed by atoms with Crippen LogP contribution in [-0.4, -0.2) is 57.5 Å². The van der Waals surface area contributed by atoms with Crippen LogP contribution in [0.2, 0.25) is 0 Å². The Kier molecular flexibility index (Phi) is 7.42. The number of nitrogens with one attached hydrogen (secondary N) is 2. The quantitative estimate of drug-likeness (QED) is 0.341. The van der Waals surface area contributed by atoms with Gasteiger partial charge in [-0.05, 0) is 25.5 Å². The van der Waals surface area contributed by atoms with E-state index < -0.39 is 10.0 Å². The van der Waals surface area contributed by atoms with Crippen molar-refractivity contribution in [3.8, 4) is 0 Å². The molecule has 0 aliphatic rings. The van der Waals surface area contributed by atoms with Crippen LogP contribution in [0.4, 0.5) is 0 Å². The molecule has 0 aliphatic heterocycles. The van der Waals surface area contributed by atoms with Crippen molar-refractivity contribution in [1.29, 1.82) is 0 Å². The number of hydrogen-bond acceptors (Lipinski definition) is 4. The molecule has 2 aromatic rings. The lowest BCUT2D eigenvalue weighted by molar-refractivity contribution is 0.311. The van der Waals surface area contributed by atoms with Crippen LogP contribution in [0.1, 0.15) is 0 Å². The third kappa shape index (κ3) is 5.13. The number of alkyl halides is 1. The van der Waals surface area contributed by atoms with E-state index in [0.717, 1.165) is 21.7 Å². The van der Waals surface area contributed by atoms with Gasteiger partial charge in [0.2, 0.25) is 10.0 Å². The molecule has 0 heterocycles. The Morgan fingerprint density at radius 2 is 1.79 bits per heavy atom. The highest BCUT2D eigenvalue weighted by molar-refractivity contribution is 14.1. The summed E-state index contributed by atoms with van der Waals surface area (Å²) in [6, 6.07) is 13.3. The molecule has 2 N–H and O–H groups in total. The van der Waals surface area contributed by atoms with E-state index in [1.165, 1.54) is 0 Å². The molecule has 1 unspecified atom stereocenters. The van der Waals surface area contributed by atoms with Gasteiger partial charge in [-0.15, -0.1) is 0 Å². The number of sulfonamides is 1. The van der Waals surface area contributed by atoms with Crippen LogP contribution in [0.3, 0.4) is 0 Å². The fourth-order valence-corrected chi connectivity index (χ4v) is 4.78.